The second-order valence-corrected chi connectivity index (χ2v) is 12.0. The van der Waals surface area contributed by atoms with Crippen LogP contribution in [-0.2, 0) is 29.2 Å². The van der Waals surface area contributed by atoms with Crippen molar-refractivity contribution in [3.63, 3.8) is 0 Å². The van der Waals surface area contributed by atoms with Gasteiger partial charge in [-0.25, -0.2) is 16.8 Å². The monoisotopic (exact) mass is 434 g/mol. The van der Waals surface area contributed by atoms with Crippen molar-refractivity contribution in [3.8, 4) is 0 Å². The number of esters is 1. The average Bonchev–Trinajstić information content (AvgIpc) is 2.47. The zero-order chi connectivity index (χ0) is 21.9. The zero-order valence-corrected chi connectivity index (χ0v) is 19.1. The third-order valence-corrected chi connectivity index (χ3v) is 5.89. The molecule has 0 N–H and O–H groups in total. The standard InChI is InChI=1S/C18H30N2O6S2/c1-18(2,3)26-17(21)13-20(11-10-19(4)5)15-9-8-14(27(6,22)23)12-16(15)28(7,24)25/h8-9,12H,10-11,13H2,1-7H3. The van der Waals surface area contributed by atoms with E-state index in [2.05, 4.69) is 0 Å². The molecule has 0 aliphatic rings. The highest BCUT2D eigenvalue weighted by atomic mass is 32.2. The number of ether oxygens (including phenoxy) is 1. The first kappa shape index (κ1) is 24.4. The van der Waals surface area contributed by atoms with E-state index in [9.17, 15) is 21.6 Å². The number of anilines is 1. The summed E-state index contributed by atoms with van der Waals surface area (Å²) < 4.78 is 53.8. The summed E-state index contributed by atoms with van der Waals surface area (Å²) in [6, 6.07) is 3.90. The van der Waals surface area contributed by atoms with Crippen LogP contribution in [-0.4, -0.2) is 79.5 Å². The SMILES string of the molecule is CN(C)CCN(CC(=O)OC(C)(C)C)c1ccc(S(C)(=O)=O)cc1S(C)(=O)=O. The molecule has 0 radical (unpaired) electrons. The lowest BCUT2D eigenvalue weighted by Crippen LogP contribution is -2.39. The van der Waals surface area contributed by atoms with Crippen LogP contribution in [0.1, 0.15) is 20.8 Å². The Morgan fingerprint density at radius 3 is 2.00 bits per heavy atom. The summed E-state index contributed by atoms with van der Waals surface area (Å²) in [7, 11) is -3.61. The molecule has 160 valence electrons. The molecule has 8 nitrogen and oxygen atoms in total. The zero-order valence-electron chi connectivity index (χ0n) is 17.5. The van der Waals surface area contributed by atoms with E-state index in [0.717, 1.165) is 18.6 Å². The van der Waals surface area contributed by atoms with Crippen LogP contribution in [0.15, 0.2) is 28.0 Å². The highest BCUT2D eigenvalue weighted by Crippen LogP contribution is 2.28. The van der Waals surface area contributed by atoms with E-state index >= 15 is 0 Å². The Labute approximate surface area is 168 Å². The maximum atomic E-state index is 12.4. The quantitative estimate of drug-likeness (QED) is 0.563. The number of sulfone groups is 2. The number of hydrogen-bond acceptors (Lipinski definition) is 8. The molecule has 0 unspecified atom stereocenters. The molecular weight excluding hydrogens is 404 g/mol. The van der Waals surface area contributed by atoms with Crippen molar-refractivity contribution in [2.24, 2.45) is 0 Å². The van der Waals surface area contributed by atoms with Gasteiger partial charge in [-0.05, 0) is 53.1 Å². The number of likely N-dealkylation sites (N-methyl/N-ethyl adjacent to an activating group) is 1. The summed E-state index contributed by atoms with van der Waals surface area (Å²) in [5.41, 5.74) is -0.410. The molecule has 0 aliphatic carbocycles. The lowest BCUT2D eigenvalue weighted by atomic mass is 10.2. The van der Waals surface area contributed by atoms with Crippen LogP contribution in [0, 0.1) is 0 Å². The van der Waals surface area contributed by atoms with Gasteiger partial charge in [0.05, 0.1) is 15.5 Å². The molecule has 10 heteroatoms. The lowest BCUT2D eigenvalue weighted by molar-refractivity contribution is -0.153. The van der Waals surface area contributed by atoms with Crippen LogP contribution in [0.2, 0.25) is 0 Å². The molecule has 0 saturated heterocycles. The Balaban J connectivity index is 3.44. The number of carbonyl (C=O) groups excluding carboxylic acids is 1. The average molecular weight is 435 g/mol. The van der Waals surface area contributed by atoms with Crippen molar-refractivity contribution in [1.82, 2.24) is 4.90 Å². The minimum atomic E-state index is -3.74. The summed E-state index contributed by atoms with van der Waals surface area (Å²) in [5, 5.41) is 0. The Morgan fingerprint density at radius 2 is 1.57 bits per heavy atom. The molecule has 0 bridgehead atoms. The van der Waals surface area contributed by atoms with E-state index < -0.39 is 31.2 Å². The van der Waals surface area contributed by atoms with Gasteiger partial charge < -0.3 is 14.5 Å². The van der Waals surface area contributed by atoms with Gasteiger partial charge in [0, 0.05) is 25.6 Å². The van der Waals surface area contributed by atoms with Gasteiger partial charge in [-0.15, -0.1) is 0 Å². The summed E-state index contributed by atoms with van der Waals surface area (Å²) in [6.45, 7) is 5.99. The van der Waals surface area contributed by atoms with Gasteiger partial charge in [0.1, 0.15) is 12.1 Å². The van der Waals surface area contributed by atoms with Crippen LogP contribution in [0.25, 0.3) is 0 Å². The Bertz CT molecular complexity index is 916. The van der Waals surface area contributed by atoms with Crippen molar-refractivity contribution in [2.45, 2.75) is 36.2 Å². The second kappa shape index (κ2) is 8.79. The van der Waals surface area contributed by atoms with Crippen molar-refractivity contribution in [2.75, 3.05) is 51.1 Å². The van der Waals surface area contributed by atoms with Gasteiger partial charge in [-0.2, -0.15) is 0 Å². The summed E-state index contributed by atoms with van der Waals surface area (Å²) in [5.74, 6) is -0.502. The lowest BCUT2D eigenvalue weighted by Gasteiger charge is -2.29. The molecule has 0 heterocycles. The molecule has 0 amide bonds. The second-order valence-electron chi connectivity index (χ2n) is 7.99. The topological polar surface area (TPSA) is 101 Å². The molecule has 1 aromatic carbocycles. The summed E-state index contributed by atoms with van der Waals surface area (Å²) >= 11 is 0. The normalized spacial score (nSPS) is 12.9. The van der Waals surface area contributed by atoms with Gasteiger partial charge in [-0.3, -0.25) is 4.79 Å². The summed E-state index contributed by atoms with van der Waals surface area (Å²) in [4.78, 5) is 15.6. The third-order valence-electron chi connectivity index (χ3n) is 3.66. The predicted octanol–water partition coefficient (Wildman–Crippen LogP) is 1.20. The van der Waals surface area contributed by atoms with Crippen molar-refractivity contribution in [3.05, 3.63) is 18.2 Å². The van der Waals surface area contributed by atoms with Crippen LogP contribution in [0.3, 0.4) is 0 Å². The van der Waals surface area contributed by atoms with E-state index in [0.29, 0.717) is 13.1 Å². The molecule has 1 aromatic rings. The van der Waals surface area contributed by atoms with E-state index in [-0.39, 0.29) is 22.0 Å². The van der Waals surface area contributed by atoms with Crippen molar-refractivity contribution in [1.29, 1.82) is 0 Å². The van der Waals surface area contributed by atoms with Gasteiger partial charge in [0.15, 0.2) is 19.7 Å². The fraction of sp³-hybridized carbons (Fsp3) is 0.611. The molecule has 1 rings (SSSR count). The molecule has 0 fully saturated rings. The molecule has 28 heavy (non-hydrogen) atoms. The number of benzene rings is 1. The molecule has 0 atom stereocenters. The molecule has 0 spiro atoms. The van der Waals surface area contributed by atoms with E-state index in [4.69, 9.17) is 4.74 Å². The number of nitrogens with zero attached hydrogens (tertiary/aromatic N) is 2. The van der Waals surface area contributed by atoms with Crippen LogP contribution in [0.4, 0.5) is 5.69 Å². The number of rotatable bonds is 8. The van der Waals surface area contributed by atoms with E-state index in [1.165, 1.54) is 12.1 Å². The highest BCUT2D eigenvalue weighted by molar-refractivity contribution is 7.91. The maximum absolute atomic E-state index is 12.4. The first-order valence-electron chi connectivity index (χ1n) is 8.66. The maximum Gasteiger partial charge on any atom is 0.326 e. The van der Waals surface area contributed by atoms with E-state index in [1.807, 2.05) is 19.0 Å². The summed E-state index contributed by atoms with van der Waals surface area (Å²) in [6.07, 6.45) is 2.02. The highest BCUT2D eigenvalue weighted by Gasteiger charge is 2.25. The predicted molar refractivity (Wildman–Crippen MR) is 109 cm³/mol. The molecule has 0 aromatic heterocycles. The van der Waals surface area contributed by atoms with Gasteiger partial charge in [0.2, 0.25) is 0 Å². The minimum absolute atomic E-state index is 0.0958. The van der Waals surface area contributed by atoms with Gasteiger partial charge in [0.25, 0.3) is 0 Å². The van der Waals surface area contributed by atoms with Crippen molar-refractivity contribution < 1.29 is 26.4 Å². The molecule has 0 aliphatic heterocycles. The fourth-order valence-electron chi connectivity index (χ4n) is 2.42. The van der Waals surface area contributed by atoms with Crippen LogP contribution >= 0.6 is 0 Å². The fourth-order valence-corrected chi connectivity index (χ4v) is 4.06. The van der Waals surface area contributed by atoms with Crippen LogP contribution < -0.4 is 4.90 Å². The first-order valence-corrected chi connectivity index (χ1v) is 12.4. The number of hydrogen-bond donors (Lipinski definition) is 0. The Kier molecular flexibility index (Phi) is 7.66. The molecular formula is C18H30N2O6S2. The Morgan fingerprint density at radius 1 is 1.00 bits per heavy atom. The molecule has 0 saturated carbocycles. The van der Waals surface area contributed by atoms with E-state index in [1.54, 1.807) is 25.7 Å². The van der Waals surface area contributed by atoms with Gasteiger partial charge in [-0.1, -0.05) is 0 Å². The number of carbonyl (C=O) groups is 1. The first-order chi connectivity index (χ1) is 12.5. The minimum Gasteiger partial charge on any atom is -0.459 e. The smallest absolute Gasteiger partial charge is 0.326 e. The largest absolute Gasteiger partial charge is 0.459 e. The van der Waals surface area contributed by atoms with Crippen molar-refractivity contribution >= 4 is 31.3 Å². The van der Waals surface area contributed by atoms with Crippen LogP contribution in [0.5, 0.6) is 0 Å². The van der Waals surface area contributed by atoms with Gasteiger partial charge >= 0.3 is 5.97 Å². The third kappa shape index (κ3) is 7.76. The Hall–Kier alpha value is -1.65.